The minimum Gasteiger partial charge on any atom is -0.465 e. The Bertz CT molecular complexity index is 1430. The van der Waals surface area contributed by atoms with E-state index in [1.807, 2.05) is 39.0 Å². The highest BCUT2D eigenvalue weighted by atomic mass is 16.7. The Labute approximate surface area is 201 Å². The van der Waals surface area contributed by atoms with Crippen LogP contribution in [0.25, 0.3) is 21.9 Å². The summed E-state index contributed by atoms with van der Waals surface area (Å²) in [6, 6.07) is 14.1. The van der Waals surface area contributed by atoms with Gasteiger partial charge in [0, 0.05) is 29.9 Å². The SMILES string of the molecule is COC1CCC(Oc2ccc3cc(NC(=O)c4cc5ccccc5o4)c(=O)oc3c2C)OC1(C)C. The summed E-state index contributed by atoms with van der Waals surface area (Å²) < 4.78 is 28.9. The Hall–Kier alpha value is -3.62. The zero-order valence-electron chi connectivity index (χ0n) is 20.0. The van der Waals surface area contributed by atoms with E-state index in [0.717, 1.165) is 11.8 Å². The molecule has 5 rings (SSSR count). The summed E-state index contributed by atoms with van der Waals surface area (Å²) in [4.78, 5) is 25.4. The number of methoxy groups -OCH3 is 1. The zero-order chi connectivity index (χ0) is 24.7. The zero-order valence-corrected chi connectivity index (χ0v) is 20.0. The van der Waals surface area contributed by atoms with E-state index >= 15 is 0 Å². The van der Waals surface area contributed by atoms with E-state index in [9.17, 15) is 9.59 Å². The maximum atomic E-state index is 12.7. The number of aryl methyl sites for hydroxylation is 1. The topological polar surface area (TPSA) is 100 Å². The van der Waals surface area contributed by atoms with Gasteiger partial charge in [-0.25, -0.2) is 4.79 Å². The molecule has 182 valence electrons. The van der Waals surface area contributed by atoms with Gasteiger partial charge in [0.25, 0.3) is 5.91 Å². The number of furan rings is 1. The standard InChI is InChI=1S/C27H27NO7/c1-15-19(33-23-12-11-22(31-4)27(2,3)35-23)10-9-17-13-18(26(30)34-24(15)17)28-25(29)21-14-16-7-5-6-8-20(16)32-21/h5-10,13-14,22-23H,11-12H2,1-4H3,(H,28,29). The van der Waals surface area contributed by atoms with Crippen LogP contribution in [0.1, 0.15) is 42.8 Å². The third-order valence-corrected chi connectivity index (χ3v) is 6.42. The van der Waals surface area contributed by atoms with E-state index < -0.39 is 23.4 Å². The molecule has 4 aromatic rings. The predicted molar refractivity (Wildman–Crippen MR) is 131 cm³/mol. The lowest BCUT2D eigenvalue weighted by Gasteiger charge is -2.41. The molecule has 35 heavy (non-hydrogen) atoms. The van der Waals surface area contributed by atoms with Gasteiger partial charge in [-0.05, 0) is 57.5 Å². The first-order valence-corrected chi connectivity index (χ1v) is 11.5. The molecule has 3 heterocycles. The lowest BCUT2D eigenvalue weighted by atomic mass is 9.94. The number of carbonyl (C=O) groups excluding carboxylic acids is 1. The molecule has 0 aliphatic carbocycles. The van der Waals surface area contributed by atoms with Gasteiger partial charge in [0.15, 0.2) is 5.76 Å². The quantitative estimate of drug-likeness (QED) is 0.384. The van der Waals surface area contributed by atoms with Gasteiger partial charge in [0.1, 0.15) is 22.6 Å². The van der Waals surface area contributed by atoms with Crippen LogP contribution in [0.4, 0.5) is 5.69 Å². The van der Waals surface area contributed by atoms with Crippen LogP contribution >= 0.6 is 0 Å². The highest BCUT2D eigenvalue weighted by molar-refractivity contribution is 6.05. The van der Waals surface area contributed by atoms with Gasteiger partial charge >= 0.3 is 5.63 Å². The monoisotopic (exact) mass is 477 g/mol. The van der Waals surface area contributed by atoms with Crippen LogP contribution in [0, 0.1) is 6.92 Å². The van der Waals surface area contributed by atoms with Crippen molar-refractivity contribution >= 4 is 33.5 Å². The van der Waals surface area contributed by atoms with Crippen molar-refractivity contribution in [3.63, 3.8) is 0 Å². The van der Waals surface area contributed by atoms with Crippen LogP contribution < -0.4 is 15.7 Å². The average Bonchev–Trinajstić information content (AvgIpc) is 3.26. The van der Waals surface area contributed by atoms with Crippen molar-refractivity contribution in [1.29, 1.82) is 0 Å². The third kappa shape index (κ3) is 4.42. The van der Waals surface area contributed by atoms with Crippen molar-refractivity contribution in [2.24, 2.45) is 0 Å². The first-order valence-electron chi connectivity index (χ1n) is 11.5. The first-order chi connectivity index (χ1) is 16.7. The number of fused-ring (bicyclic) bond motifs is 2. The van der Waals surface area contributed by atoms with Crippen LogP contribution in [-0.4, -0.2) is 31.0 Å². The van der Waals surface area contributed by atoms with Gasteiger partial charge in [-0.15, -0.1) is 0 Å². The van der Waals surface area contributed by atoms with E-state index in [-0.39, 0.29) is 17.6 Å². The number of rotatable bonds is 5. The average molecular weight is 478 g/mol. The summed E-state index contributed by atoms with van der Waals surface area (Å²) in [5.74, 6) is 0.143. The summed E-state index contributed by atoms with van der Waals surface area (Å²) in [5.41, 5.74) is 0.528. The van der Waals surface area contributed by atoms with Crippen LogP contribution in [-0.2, 0) is 9.47 Å². The fraction of sp³-hybridized carbons (Fsp3) is 0.333. The fourth-order valence-electron chi connectivity index (χ4n) is 4.53. The van der Waals surface area contributed by atoms with Crippen molar-refractivity contribution < 1.29 is 27.8 Å². The molecule has 1 amide bonds. The molecule has 1 aliphatic rings. The second-order valence-electron chi connectivity index (χ2n) is 9.23. The van der Waals surface area contributed by atoms with Gasteiger partial charge in [-0.2, -0.15) is 0 Å². The molecule has 1 aliphatic heterocycles. The molecule has 2 unspecified atom stereocenters. The molecular weight excluding hydrogens is 450 g/mol. The summed E-state index contributed by atoms with van der Waals surface area (Å²) >= 11 is 0. The Balaban J connectivity index is 1.37. The van der Waals surface area contributed by atoms with E-state index in [4.69, 9.17) is 23.0 Å². The van der Waals surface area contributed by atoms with Gasteiger partial charge in [-0.1, -0.05) is 18.2 Å². The number of hydrogen-bond donors (Lipinski definition) is 1. The summed E-state index contributed by atoms with van der Waals surface area (Å²) in [7, 11) is 1.68. The van der Waals surface area contributed by atoms with Crippen molar-refractivity contribution in [1.82, 2.24) is 0 Å². The number of amides is 1. The molecule has 0 spiro atoms. The first kappa shape index (κ1) is 23.1. The second-order valence-corrected chi connectivity index (χ2v) is 9.23. The molecule has 1 saturated heterocycles. The smallest absolute Gasteiger partial charge is 0.360 e. The third-order valence-electron chi connectivity index (χ3n) is 6.42. The van der Waals surface area contributed by atoms with Crippen LogP contribution in [0.5, 0.6) is 5.75 Å². The minimum atomic E-state index is -0.666. The summed E-state index contributed by atoms with van der Waals surface area (Å²) in [6.07, 6.45) is 1.04. The number of para-hydroxylation sites is 1. The van der Waals surface area contributed by atoms with Crippen molar-refractivity contribution in [2.75, 3.05) is 12.4 Å². The molecule has 0 radical (unpaired) electrons. The molecule has 0 saturated carbocycles. The number of benzene rings is 2. The predicted octanol–water partition coefficient (Wildman–Crippen LogP) is 5.41. The summed E-state index contributed by atoms with van der Waals surface area (Å²) in [6.45, 7) is 5.77. The second kappa shape index (κ2) is 8.87. The van der Waals surface area contributed by atoms with E-state index in [1.54, 1.807) is 37.4 Å². The number of anilines is 1. The van der Waals surface area contributed by atoms with Gasteiger partial charge in [0.05, 0.1) is 11.7 Å². The molecule has 8 heteroatoms. The lowest BCUT2D eigenvalue weighted by Crippen LogP contribution is -2.49. The maximum absolute atomic E-state index is 12.7. The molecule has 1 fully saturated rings. The van der Waals surface area contributed by atoms with Gasteiger partial charge in [0.2, 0.25) is 6.29 Å². The Morgan fingerprint density at radius 2 is 1.86 bits per heavy atom. The molecular formula is C27H27NO7. The number of ether oxygens (including phenoxy) is 3. The maximum Gasteiger partial charge on any atom is 0.360 e. The van der Waals surface area contributed by atoms with Crippen LogP contribution in [0.15, 0.2) is 62.2 Å². The minimum absolute atomic E-state index is 0.00809. The number of carbonyl (C=O) groups is 1. The van der Waals surface area contributed by atoms with Crippen molar-refractivity contribution in [2.45, 2.75) is 51.6 Å². The highest BCUT2D eigenvalue weighted by Crippen LogP contribution is 2.34. The molecule has 2 aromatic heterocycles. The van der Waals surface area contributed by atoms with Crippen molar-refractivity contribution in [3.05, 3.63) is 70.3 Å². The van der Waals surface area contributed by atoms with Gasteiger partial charge in [-0.3, -0.25) is 4.79 Å². The number of nitrogens with one attached hydrogen (secondary N) is 1. The number of hydrogen-bond acceptors (Lipinski definition) is 7. The van der Waals surface area contributed by atoms with Crippen LogP contribution in [0.2, 0.25) is 0 Å². The normalized spacial score (nSPS) is 19.7. The van der Waals surface area contributed by atoms with E-state index in [0.29, 0.717) is 34.3 Å². The Morgan fingerprint density at radius 1 is 1.06 bits per heavy atom. The Morgan fingerprint density at radius 3 is 2.60 bits per heavy atom. The van der Waals surface area contributed by atoms with Gasteiger partial charge < -0.3 is 28.4 Å². The van der Waals surface area contributed by atoms with Crippen LogP contribution in [0.3, 0.4) is 0 Å². The largest absolute Gasteiger partial charge is 0.465 e. The fourth-order valence-corrected chi connectivity index (χ4v) is 4.53. The van der Waals surface area contributed by atoms with Crippen molar-refractivity contribution in [3.8, 4) is 5.75 Å². The molecule has 0 bridgehead atoms. The highest BCUT2D eigenvalue weighted by Gasteiger charge is 2.39. The summed E-state index contributed by atoms with van der Waals surface area (Å²) in [5, 5.41) is 4.05. The molecule has 2 atom stereocenters. The molecule has 1 N–H and O–H groups in total. The molecule has 2 aromatic carbocycles. The lowest BCUT2D eigenvalue weighted by molar-refractivity contribution is -0.233. The molecule has 8 nitrogen and oxygen atoms in total. The van der Waals surface area contributed by atoms with E-state index in [2.05, 4.69) is 5.32 Å². The Kier molecular flexibility index (Phi) is 5.86. The van der Waals surface area contributed by atoms with E-state index in [1.165, 1.54) is 0 Å².